The van der Waals surface area contributed by atoms with E-state index in [0.717, 1.165) is 47.6 Å². The molecule has 0 spiro atoms. The highest BCUT2D eigenvalue weighted by atomic mass is 32.2. The molecule has 0 radical (unpaired) electrons. The molecule has 1 saturated heterocycles. The lowest BCUT2D eigenvalue weighted by Crippen LogP contribution is -2.37. The Morgan fingerprint density at radius 2 is 1.77 bits per heavy atom. The SMILES string of the molecule is COc1ccc(SCC(=O)N2CCCc3cc(S(=O)(=O)N4CCCC4)ccc32)cc1. The van der Waals surface area contributed by atoms with Gasteiger partial charge in [-0.2, -0.15) is 4.31 Å². The number of rotatable bonds is 6. The third-order valence-electron chi connectivity index (χ3n) is 5.60. The van der Waals surface area contributed by atoms with Crippen molar-refractivity contribution in [2.45, 2.75) is 35.5 Å². The molecule has 0 N–H and O–H groups in total. The molecule has 160 valence electrons. The summed E-state index contributed by atoms with van der Waals surface area (Å²) in [7, 11) is -1.82. The molecule has 0 aliphatic carbocycles. The number of fused-ring (bicyclic) bond motifs is 1. The minimum atomic E-state index is -3.45. The molecular weight excluding hydrogens is 420 g/mol. The number of thioether (sulfide) groups is 1. The second-order valence-electron chi connectivity index (χ2n) is 7.51. The monoisotopic (exact) mass is 446 g/mol. The largest absolute Gasteiger partial charge is 0.497 e. The number of benzene rings is 2. The first-order valence-electron chi connectivity index (χ1n) is 10.2. The number of amides is 1. The molecule has 0 aromatic heterocycles. The van der Waals surface area contributed by atoms with Gasteiger partial charge in [-0.05, 0) is 73.7 Å². The molecule has 2 aliphatic rings. The summed E-state index contributed by atoms with van der Waals surface area (Å²) < 4.78 is 32.5. The standard InChI is InChI=1S/C22H26N2O4S2/c1-28-18-6-8-19(9-7-18)29-16-22(25)24-14-4-5-17-15-20(10-11-21(17)24)30(26,27)23-12-2-3-13-23/h6-11,15H,2-5,12-14,16H2,1H3. The number of hydrogen-bond acceptors (Lipinski definition) is 5. The number of aryl methyl sites for hydroxylation is 1. The Kier molecular flexibility index (Phi) is 6.36. The first-order chi connectivity index (χ1) is 14.5. The molecule has 0 bridgehead atoms. The molecule has 8 heteroatoms. The lowest BCUT2D eigenvalue weighted by molar-refractivity contribution is -0.116. The van der Waals surface area contributed by atoms with Crippen molar-refractivity contribution in [3.8, 4) is 5.75 Å². The Morgan fingerprint density at radius 1 is 1.03 bits per heavy atom. The van der Waals surface area contributed by atoms with E-state index >= 15 is 0 Å². The minimum Gasteiger partial charge on any atom is -0.497 e. The Bertz CT molecular complexity index is 1020. The van der Waals surface area contributed by atoms with Gasteiger partial charge in [0.1, 0.15) is 5.75 Å². The van der Waals surface area contributed by atoms with E-state index in [4.69, 9.17) is 4.74 Å². The lowest BCUT2D eigenvalue weighted by atomic mass is 10.0. The summed E-state index contributed by atoms with van der Waals surface area (Å²) in [4.78, 5) is 16.0. The molecule has 2 heterocycles. The van der Waals surface area contributed by atoms with Crippen molar-refractivity contribution in [1.82, 2.24) is 4.31 Å². The zero-order valence-corrected chi connectivity index (χ0v) is 18.7. The fourth-order valence-corrected chi connectivity index (χ4v) is 6.31. The fraction of sp³-hybridized carbons (Fsp3) is 0.409. The number of carbonyl (C=O) groups is 1. The first-order valence-corrected chi connectivity index (χ1v) is 12.6. The normalized spacial score (nSPS) is 17.0. The van der Waals surface area contributed by atoms with Crippen LogP contribution < -0.4 is 9.64 Å². The van der Waals surface area contributed by atoms with E-state index in [-0.39, 0.29) is 5.91 Å². The highest BCUT2D eigenvalue weighted by molar-refractivity contribution is 8.00. The summed E-state index contributed by atoms with van der Waals surface area (Å²) in [5, 5.41) is 0. The fourth-order valence-electron chi connectivity index (χ4n) is 3.97. The van der Waals surface area contributed by atoms with Crippen LogP contribution >= 0.6 is 11.8 Å². The van der Waals surface area contributed by atoms with Gasteiger partial charge < -0.3 is 9.64 Å². The summed E-state index contributed by atoms with van der Waals surface area (Å²) in [6.45, 7) is 1.84. The molecule has 0 saturated carbocycles. The predicted octanol–water partition coefficient (Wildman–Crippen LogP) is 3.55. The predicted molar refractivity (Wildman–Crippen MR) is 119 cm³/mol. The Morgan fingerprint density at radius 3 is 2.47 bits per heavy atom. The molecule has 6 nitrogen and oxygen atoms in total. The van der Waals surface area contributed by atoms with E-state index in [1.54, 1.807) is 34.5 Å². The molecule has 1 fully saturated rings. The average Bonchev–Trinajstić information content (AvgIpc) is 3.33. The lowest BCUT2D eigenvalue weighted by Gasteiger charge is -2.30. The van der Waals surface area contributed by atoms with Gasteiger partial charge in [0.25, 0.3) is 0 Å². The number of hydrogen-bond donors (Lipinski definition) is 0. The van der Waals surface area contributed by atoms with Crippen LogP contribution in [0.5, 0.6) is 5.75 Å². The Labute approximate surface area is 182 Å². The van der Waals surface area contributed by atoms with Crippen LogP contribution in [0.2, 0.25) is 0 Å². The molecule has 0 atom stereocenters. The van der Waals surface area contributed by atoms with Gasteiger partial charge in [0.2, 0.25) is 15.9 Å². The molecule has 1 amide bonds. The maximum absolute atomic E-state index is 12.9. The highest BCUT2D eigenvalue weighted by Crippen LogP contribution is 2.32. The van der Waals surface area contributed by atoms with Gasteiger partial charge in [-0.15, -0.1) is 11.8 Å². The van der Waals surface area contributed by atoms with Crippen LogP contribution in [0.3, 0.4) is 0 Å². The van der Waals surface area contributed by atoms with Crippen LogP contribution in [0.1, 0.15) is 24.8 Å². The second-order valence-corrected chi connectivity index (χ2v) is 10.5. The summed E-state index contributed by atoms with van der Waals surface area (Å²) >= 11 is 1.49. The van der Waals surface area contributed by atoms with Crippen LogP contribution in [0.15, 0.2) is 52.3 Å². The van der Waals surface area contributed by atoms with Gasteiger partial charge >= 0.3 is 0 Å². The molecule has 2 aromatic rings. The van der Waals surface area contributed by atoms with Gasteiger partial charge in [0, 0.05) is 30.2 Å². The summed E-state index contributed by atoms with van der Waals surface area (Å²) in [6, 6.07) is 12.9. The smallest absolute Gasteiger partial charge is 0.243 e. The number of anilines is 1. The number of nitrogens with zero attached hydrogens (tertiary/aromatic N) is 2. The van der Waals surface area contributed by atoms with Crippen LogP contribution in [-0.4, -0.2) is 51.1 Å². The highest BCUT2D eigenvalue weighted by Gasteiger charge is 2.29. The molecular formula is C22H26N2O4S2. The van der Waals surface area contributed by atoms with Crippen LogP contribution in [0.25, 0.3) is 0 Å². The summed E-state index contributed by atoms with van der Waals surface area (Å²) in [5.41, 5.74) is 1.77. The summed E-state index contributed by atoms with van der Waals surface area (Å²) in [6.07, 6.45) is 3.45. The van der Waals surface area contributed by atoms with Gasteiger partial charge in [-0.1, -0.05) is 0 Å². The van der Waals surface area contributed by atoms with Gasteiger partial charge in [-0.3, -0.25) is 4.79 Å². The van der Waals surface area contributed by atoms with Crippen LogP contribution in [-0.2, 0) is 21.2 Å². The van der Waals surface area contributed by atoms with Crippen molar-refractivity contribution in [1.29, 1.82) is 0 Å². The topological polar surface area (TPSA) is 66.9 Å². The van der Waals surface area contributed by atoms with Crippen molar-refractivity contribution in [2.75, 3.05) is 37.4 Å². The number of ether oxygens (including phenoxy) is 1. The van der Waals surface area contributed by atoms with Crippen molar-refractivity contribution in [3.63, 3.8) is 0 Å². The van der Waals surface area contributed by atoms with E-state index in [1.165, 1.54) is 11.8 Å². The molecule has 30 heavy (non-hydrogen) atoms. The van der Waals surface area contributed by atoms with E-state index in [9.17, 15) is 13.2 Å². The summed E-state index contributed by atoms with van der Waals surface area (Å²) in [5.74, 6) is 1.15. The van der Waals surface area contributed by atoms with Crippen molar-refractivity contribution >= 4 is 33.4 Å². The number of methoxy groups -OCH3 is 1. The van der Waals surface area contributed by atoms with Gasteiger partial charge in [0.05, 0.1) is 17.8 Å². The zero-order valence-electron chi connectivity index (χ0n) is 17.0. The number of carbonyl (C=O) groups excluding carboxylic acids is 1. The maximum atomic E-state index is 12.9. The quantitative estimate of drug-likeness (QED) is 0.635. The Balaban J connectivity index is 1.48. The molecule has 0 unspecified atom stereocenters. The van der Waals surface area contributed by atoms with Crippen molar-refractivity contribution in [2.24, 2.45) is 0 Å². The molecule has 2 aromatic carbocycles. The van der Waals surface area contributed by atoms with E-state index in [2.05, 4.69) is 0 Å². The van der Waals surface area contributed by atoms with E-state index in [0.29, 0.717) is 30.3 Å². The van der Waals surface area contributed by atoms with E-state index in [1.807, 2.05) is 24.3 Å². The minimum absolute atomic E-state index is 0.0342. The van der Waals surface area contributed by atoms with Crippen molar-refractivity contribution in [3.05, 3.63) is 48.0 Å². The van der Waals surface area contributed by atoms with Gasteiger partial charge in [-0.25, -0.2) is 8.42 Å². The molecule has 4 rings (SSSR count). The number of sulfonamides is 1. The van der Waals surface area contributed by atoms with Crippen LogP contribution in [0.4, 0.5) is 5.69 Å². The maximum Gasteiger partial charge on any atom is 0.243 e. The second kappa shape index (κ2) is 8.99. The average molecular weight is 447 g/mol. The van der Waals surface area contributed by atoms with Gasteiger partial charge in [0.15, 0.2) is 0 Å². The van der Waals surface area contributed by atoms with Crippen LogP contribution in [0, 0.1) is 0 Å². The van der Waals surface area contributed by atoms with E-state index < -0.39 is 10.0 Å². The molecule has 2 aliphatic heterocycles. The Hall–Kier alpha value is -2.03. The third-order valence-corrected chi connectivity index (χ3v) is 8.49. The first kappa shape index (κ1) is 21.2. The zero-order chi connectivity index (χ0) is 21.1. The van der Waals surface area contributed by atoms with Crippen molar-refractivity contribution < 1.29 is 17.9 Å². The third kappa shape index (κ3) is 4.36.